The van der Waals surface area contributed by atoms with Crippen molar-refractivity contribution in [2.45, 2.75) is 76.3 Å². The summed E-state index contributed by atoms with van der Waals surface area (Å²) in [7, 11) is 5.56. The number of carbonyl (C=O) groups excluding carboxylic acids is 2. The van der Waals surface area contributed by atoms with Gasteiger partial charge in [-0.2, -0.15) is 0 Å². The Morgan fingerprint density at radius 1 is 1.19 bits per heavy atom. The van der Waals surface area contributed by atoms with Crippen molar-refractivity contribution in [3.63, 3.8) is 0 Å². The summed E-state index contributed by atoms with van der Waals surface area (Å²) in [5, 5.41) is 12.3. The topological polar surface area (TPSA) is 95.9 Å². The predicted molar refractivity (Wildman–Crippen MR) is 123 cm³/mol. The fourth-order valence-corrected chi connectivity index (χ4v) is 4.62. The molecule has 1 saturated carbocycles. The number of amides is 1. The van der Waals surface area contributed by atoms with Gasteiger partial charge in [0.15, 0.2) is 0 Å². The van der Waals surface area contributed by atoms with Crippen LogP contribution in [-0.2, 0) is 25.5 Å². The lowest BCUT2D eigenvalue weighted by Gasteiger charge is -2.45. The maximum atomic E-state index is 12.8. The standard InChI is InChI=1S/C25H38N2O5/c1-18-8-10-19(11-9-18)17-25(27(2)3)14-12-21(13-15-25)26-24(31)20(16-22(28)29)6-5-7-23(30)32-4/h8-11,20-21H,5-7,12-17H2,1-4H3,(H,26,31)(H,28,29). The summed E-state index contributed by atoms with van der Waals surface area (Å²) in [6.45, 7) is 2.09. The summed E-state index contributed by atoms with van der Waals surface area (Å²) < 4.78 is 4.62. The van der Waals surface area contributed by atoms with Gasteiger partial charge in [-0.1, -0.05) is 29.8 Å². The lowest BCUT2D eigenvalue weighted by atomic mass is 9.74. The minimum Gasteiger partial charge on any atom is -0.481 e. The van der Waals surface area contributed by atoms with E-state index in [0.717, 1.165) is 32.1 Å². The van der Waals surface area contributed by atoms with Crippen LogP contribution >= 0.6 is 0 Å². The van der Waals surface area contributed by atoms with Crippen molar-refractivity contribution in [1.29, 1.82) is 0 Å². The lowest BCUT2D eigenvalue weighted by Crippen LogP contribution is -2.52. The van der Waals surface area contributed by atoms with E-state index >= 15 is 0 Å². The summed E-state index contributed by atoms with van der Waals surface area (Å²) in [5.41, 5.74) is 2.62. The molecule has 0 heterocycles. The molecule has 1 aromatic carbocycles. The SMILES string of the molecule is COC(=O)CCCC(CC(=O)O)C(=O)NC1CCC(Cc2ccc(C)cc2)(N(C)C)CC1. The van der Waals surface area contributed by atoms with Gasteiger partial charge in [0.1, 0.15) is 0 Å². The molecule has 1 aliphatic carbocycles. The van der Waals surface area contributed by atoms with Crippen molar-refractivity contribution in [2.24, 2.45) is 5.92 Å². The molecule has 178 valence electrons. The molecule has 1 aliphatic rings. The fourth-order valence-electron chi connectivity index (χ4n) is 4.62. The monoisotopic (exact) mass is 446 g/mol. The van der Waals surface area contributed by atoms with Crippen molar-refractivity contribution in [1.82, 2.24) is 10.2 Å². The number of esters is 1. The summed E-state index contributed by atoms with van der Waals surface area (Å²) in [6.07, 6.45) is 5.36. The average molecular weight is 447 g/mol. The van der Waals surface area contributed by atoms with E-state index in [0.29, 0.717) is 12.8 Å². The largest absolute Gasteiger partial charge is 0.481 e. The van der Waals surface area contributed by atoms with Gasteiger partial charge in [-0.3, -0.25) is 14.4 Å². The summed E-state index contributed by atoms with van der Waals surface area (Å²) in [6, 6.07) is 8.73. The van der Waals surface area contributed by atoms with Gasteiger partial charge < -0.3 is 20.1 Å². The quantitative estimate of drug-likeness (QED) is 0.506. The van der Waals surface area contributed by atoms with E-state index in [4.69, 9.17) is 0 Å². The summed E-state index contributed by atoms with van der Waals surface area (Å²) in [5.74, 6) is -2.21. The molecular formula is C25H38N2O5. The molecule has 2 N–H and O–H groups in total. The van der Waals surface area contributed by atoms with E-state index in [1.54, 1.807) is 0 Å². The van der Waals surface area contributed by atoms with Crippen LogP contribution in [0.1, 0.15) is 62.5 Å². The van der Waals surface area contributed by atoms with Crippen LogP contribution in [0.2, 0.25) is 0 Å². The average Bonchev–Trinajstić information content (AvgIpc) is 2.75. The smallest absolute Gasteiger partial charge is 0.305 e. The van der Waals surface area contributed by atoms with Crippen molar-refractivity contribution >= 4 is 17.8 Å². The highest BCUT2D eigenvalue weighted by atomic mass is 16.5. The molecule has 1 atom stereocenters. The van der Waals surface area contributed by atoms with Gasteiger partial charge in [0.2, 0.25) is 5.91 Å². The molecule has 0 bridgehead atoms. The Labute approximate surface area is 191 Å². The van der Waals surface area contributed by atoms with Gasteiger partial charge in [0.05, 0.1) is 13.5 Å². The highest BCUT2D eigenvalue weighted by Gasteiger charge is 2.38. The number of hydrogen-bond donors (Lipinski definition) is 2. The van der Waals surface area contributed by atoms with Gasteiger partial charge in [-0.05, 0) is 71.5 Å². The van der Waals surface area contributed by atoms with E-state index in [1.165, 1.54) is 18.2 Å². The minimum atomic E-state index is -1.00. The Balaban J connectivity index is 1.94. The zero-order valence-electron chi connectivity index (χ0n) is 19.9. The number of nitrogens with zero attached hydrogens (tertiary/aromatic N) is 1. The Kier molecular flexibility index (Phi) is 9.69. The Bertz CT molecular complexity index is 767. The van der Waals surface area contributed by atoms with Crippen molar-refractivity contribution in [3.05, 3.63) is 35.4 Å². The van der Waals surface area contributed by atoms with Crippen LogP contribution in [0.25, 0.3) is 0 Å². The minimum absolute atomic E-state index is 0.0468. The van der Waals surface area contributed by atoms with E-state index in [9.17, 15) is 19.5 Å². The van der Waals surface area contributed by atoms with E-state index < -0.39 is 11.9 Å². The second-order valence-electron chi connectivity index (χ2n) is 9.33. The van der Waals surface area contributed by atoms with Gasteiger partial charge in [0, 0.05) is 23.9 Å². The normalized spacial score (nSPS) is 21.7. The third-order valence-electron chi connectivity index (χ3n) is 6.82. The van der Waals surface area contributed by atoms with Gasteiger partial charge >= 0.3 is 11.9 Å². The van der Waals surface area contributed by atoms with Crippen LogP contribution in [0.15, 0.2) is 24.3 Å². The molecule has 32 heavy (non-hydrogen) atoms. The van der Waals surface area contributed by atoms with Crippen LogP contribution in [-0.4, -0.2) is 60.6 Å². The number of benzene rings is 1. The number of aryl methyl sites for hydroxylation is 1. The Morgan fingerprint density at radius 3 is 2.34 bits per heavy atom. The molecule has 1 amide bonds. The molecule has 7 nitrogen and oxygen atoms in total. The molecule has 0 spiro atoms. The molecule has 7 heteroatoms. The maximum Gasteiger partial charge on any atom is 0.305 e. The number of likely N-dealkylation sites (N-methyl/N-ethyl adjacent to an activating group) is 1. The number of methoxy groups -OCH3 is 1. The van der Waals surface area contributed by atoms with Gasteiger partial charge in [0.25, 0.3) is 0 Å². The third kappa shape index (κ3) is 7.62. The number of carboxylic acids is 1. The van der Waals surface area contributed by atoms with E-state index in [1.807, 2.05) is 0 Å². The number of carbonyl (C=O) groups is 3. The summed E-state index contributed by atoms with van der Waals surface area (Å²) in [4.78, 5) is 37.7. The van der Waals surface area contributed by atoms with E-state index in [2.05, 4.69) is 60.2 Å². The van der Waals surface area contributed by atoms with Crippen LogP contribution in [0.5, 0.6) is 0 Å². The number of ether oxygens (including phenoxy) is 1. The lowest BCUT2D eigenvalue weighted by molar-refractivity contribution is -0.142. The van der Waals surface area contributed by atoms with Crippen LogP contribution < -0.4 is 5.32 Å². The number of hydrogen-bond acceptors (Lipinski definition) is 5. The first-order valence-corrected chi connectivity index (χ1v) is 11.5. The van der Waals surface area contributed by atoms with Gasteiger partial charge in [-0.15, -0.1) is 0 Å². The first-order chi connectivity index (χ1) is 15.1. The zero-order chi connectivity index (χ0) is 23.7. The fraction of sp³-hybridized carbons (Fsp3) is 0.640. The first kappa shape index (κ1) is 25.8. The molecular weight excluding hydrogens is 408 g/mol. The Morgan fingerprint density at radius 2 is 1.81 bits per heavy atom. The highest BCUT2D eigenvalue weighted by molar-refractivity contribution is 5.83. The van der Waals surface area contributed by atoms with Crippen molar-refractivity contribution in [2.75, 3.05) is 21.2 Å². The number of carboxylic acid groups (broad SMARTS) is 1. The van der Waals surface area contributed by atoms with Crippen LogP contribution in [0.4, 0.5) is 0 Å². The Hall–Kier alpha value is -2.41. The van der Waals surface area contributed by atoms with E-state index in [-0.39, 0.29) is 36.3 Å². The molecule has 0 radical (unpaired) electrons. The van der Waals surface area contributed by atoms with Crippen molar-refractivity contribution in [3.8, 4) is 0 Å². The molecule has 0 saturated heterocycles. The molecule has 1 unspecified atom stereocenters. The number of nitrogens with one attached hydrogen (secondary N) is 1. The molecule has 2 rings (SSSR count). The summed E-state index contributed by atoms with van der Waals surface area (Å²) >= 11 is 0. The molecule has 0 aliphatic heterocycles. The molecule has 1 fully saturated rings. The third-order valence-corrected chi connectivity index (χ3v) is 6.82. The number of rotatable bonds is 11. The molecule has 1 aromatic rings. The highest BCUT2D eigenvalue weighted by Crippen LogP contribution is 2.35. The number of aliphatic carboxylic acids is 1. The predicted octanol–water partition coefficient (Wildman–Crippen LogP) is 3.33. The van der Waals surface area contributed by atoms with Crippen LogP contribution in [0, 0.1) is 12.8 Å². The first-order valence-electron chi connectivity index (χ1n) is 11.5. The second kappa shape index (κ2) is 12.0. The second-order valence-corrected chi connectivity index (χ2v) is 9.33. The maximum absolute atomic E-state index is 12.8. The zero-order valence-corrected chi connectivity index (χ0v) is 19.9. The van der Waals surface area contributed by atoms with Crippen LogP contribution in [0.3, 0.4) is 0 Å². The molecule has 0 aromatic heterocycles. The van der Waals surface area contributed by atoms with Crippen molar-refractivity contribution < 1.29 is 24.2 Å². The van der Waals surface area contributed by atoms with Gasteiger partial charge in [-0.25, -0.2) is 0 Å².